The Kier molecular flexibility index (Phi) is 5.50. The molecule has 2 aromatic rings. The van der Waals surface area contributed by atoms with E-state index in [2.05, 4.69) is 20.0 Å². The molecule has 0 N–H and O–H groups in total. The van der Waals surface area contributed by atoms with Gasteiger partial charge < -0.3 is 14.5 Å². The number of carbonyl (C=O) groups excluding carboxylic acids is 1. The van der Waals surface area contributed by atoms with Gasteiger partial charge in [-0.2, -0.15) is 13.2 Å². The summed E-state index contributed by atoms with van der Waals surface area (Å²) in [4.78, 5) is 26.9. The Morgan fingerprint density at radius 1 is 1.27 bits per heavy atom. The fourth-order valence-electron chi connectivity index (χ4n) is 3.45. The molecule has 0 fully saturated rings. The molecule has 11 heteroatoms. The van der Waals surface area contributed by atoms with Gasteiger partial charge in [-0.3, -0.25) is 4.79 Å². The molecule has 1 aromatic heterocycles. The average molecular weight is 441 g/mol. The number of benzene rings is 1. The van der Waals surface area contributed by atoms with Crippen molar-refractivity contribution in [2.45, 2.75) is 25.4 Å². The smallest absolute Gasteiger partial charge is 0.425 e. The summed E-state index contributed by atoms with van der Waals surface area (Å²) in [6.07, 6.45) is -1.28. The summed E-state index contributed by atoms with van der Waals surface area (Å²) in [5, 5.41) is 3.69. The molecule has 30 heavy (non-hydrogen) atoms. The molecule has 0 saturated heterocycles. The number of anilines is 1. The molecule has 1 aliphatic heterocycles. The number of alkyl halides is 3. The molecule has 4 rings (SSSR count). The fourth-order valence-corrected chi connectivity index (χ4v) is 3.66. The Bertz CT molecular complexity index is 1010. The lowest BCUT2D eigenvalue weighted by molar-refractivity contribution is -0.173. The van der Waals surface area contributed by atoms with E-state index in [0.29, 0.717) is 36.2 Å². The number of ether oxygens (including phenoxy) is 1. The van der Waals surface area contributed by atoms with Gasteiger partial charge in [-0.15, -0.1) is 0 Å². The summed E-state index contributed by atoms with van der Waals surface area (Å²) in [6, 6.07) is 5.28. The predicted octanol–water partition coefficient (Wildman–Crippen LogP) is 3.79. The maximum atomic E-state index is 13.1. The first-order chi connectivity index (χ1) is 14.3. The largest absolute Gasteiger partial charge is 0.475 e. The summed E-state index contributed by atoms with van der Waals surface area (Å²) in [5.74, 6) is -0.247. The van der Waals surface area contributed by atoms with Crippen LogP contribution in [0.1, 0.15) is 34.3 Å². The van der Waals surface area contributed by atoms with Crippen molar-refractivity contribution in [3.05, 3.63) is 46.4 Å². The molecule has 1 amide bonds. The van der Waals surface area contributed by atoms with Crippen LogP contribution in [-0.2, 0) is 11.3 Å². The van der Waals surface area contributed by atoms with Crippen LogP contribution in [-0.4, -0.2) is 47.5 Å². The molecule has 2 aliphatic rings. The molecule has 7 nitrogen and oxygen atoms in total. The predicted molar refractivity (Wildman–Crippen MR) is 102 cm³/mol. The Balaban J connectivity index is 1.62. The molecule has 1 aromatic carbocycles. The van der Waals surface area contributed by atoms with Crippen LogP contribution in [0.15, 0.2) is 29.7 Å². The van der Waals surface area contributed by atoms with E-state index in [9.17, 15) is 18.0 Å². The highest BCUT2D eigenvalue weighted by atomic mass is 35.5. The highest BCUT2D eigenvalue weighted by molar-refractivity contribution is 6.33. The van der Waals surface area contributed by atoms with Gasteiger partial charge >= 0.3 is 6.18 Å². The minimum absolute atomic E-state index is 0.00564. The monoisotopic (exact) mass is 440 g/mol. The van der Waals surface area contributed by atoms with E-state index in [0.717, 1.165) is 5.56 Å². The minimum atomic E-state index is -4.44. The van der Waals surface area contributed by atoms with Crippen molar-refractivity contribution in [2.24, 2.45) is 5.16 Å². The average Bonchev–Trinajstić information content (AvgIpc) is 2.86. The van der Waals surface area contributed by atoms with Gasteiger partial charge in [0.05, 0.1) is 12.3 Å². The van der Waals surface area contributed by atoms with Gasteiger partial charge in [0.1, 0.15) is 23.7 Å². The number of nitrogens with zero attached hydrogens (tertiary/aromatic N) is 4. The molecule has 0 bridgehead atoms. The molecule has 2 heterocycles. The third-order valence-corrected chi connectivity index (χ3v) is 5.04. The number of aryl methyl sites for hydroxylation is 1. The molecule has 0 spiro atoms. The molecule has 1 aliphatic carbocycles. The van der Waals surface area contributed by atoms with Gasteiger partial charge in [0.25, 0.3) is 5.91 Å². The van der Waals surface area contributed by atoms with Crippen molar-refractivity contribution < 1.29 is 27.5 Å². The van der Waals surface area contributed by atoms with Crippen LogP contribution in [0.25, 0.3) is 0 Å². The van der Waals surface area contributed by atoms with E-state index in [4.69, 9.17) is 16.3 Å². The molecular weight excluding hydrogens is 425 g/mol. The SMILES string of the molecule is O=C1c2c(Cl)ncnc2OCCN1c1ccc2c(c1)CCC/C2=N/OCC(F)(F)F. The number of amides is 1. The van der Waals surface area contributed by atoms with E-state index < -0.39 is 12.8 Å². The second-order valence-electron chi connectivity index (χ2n) is 6.77. The number of hydrogen-bond donors (Lipinski definition) is 0. The lowest BCUT2D eigenvalue weighted by Crippen LogP contribution is -2.32. The highest BCUT2D eigenvalue weighted by Gasteiger charge is 2.30. The molecular formula is C19H16ClF3N4O3. The number of aromatic nitrogens is 2. The maximum Gasteiger partial charge on any atom is 0.425 e. The van der Waals surface area contributed by atoms with Gasteiger partial charge in [-0.1, -0.05) is 22.8 Å². The Morgan fingerprint density at radius 2 is 2.10 bits per heavy atom. The van der Waals surface area contributed by atoms with Crippen molar-refractivity contribution in [3.63, 3.8) is 0 Å². The first kappa shape index (κ1) is 20.4. The zero-order valence-corrected chi connectivity index (χ0v) is 16.3. The van der Waals surface area contributed by atoms with Gasteiger partial charge in [-0.25, -0.2) is 9.97 Å². The van der Waals surface area contributed by atoms with Gasteiger partial charge in [0.2, 0.25) is 12.5 Å². The Hall–Kier alpha value is -2.88. The quantitative estimate of drug-likeness (QED) is 0.536. The maximum absolute atomic E-state index is 13.1. The van der Waals surface area contributed by atoms with Crippen LogP contribution in [0.3, 0.4) is 0 Å². The van der Waals surface area contributed by atoms with Gasteiger partial charge in [0.15, 0.2) is 0 Å². The zero-order chi connectivity index (χ0) is 21.3. The Labute approximate surface area is 174 Å². The first-order valence-electron chi connectivity index (χ1n) is 9.17. The van der Waals surface area contributed by atoms with Crippen molar-refractivity contribution in [3.8, 4) is 5.88 Å². The summed E-state index contributed by atoms with van der Waals surface area (Å²) in [7, 11) is 0. The number of halogens is 4. The van der Waals surface area contributed by atoms with E-state index in [1.807, 2.05) is 6.07 Å². The summed E-state index contributed by atoms with van der Waals surface area (Å²) >= 11 is 6.09. The molecule has 158 valence electrons. The van der Waals surface area contributed by atoms with Gasteiger partial charge in [-0.05, 0) is 37.0 Å². The highest BCUT2D eigenvalue weighted by Crippen LogP contribution is 2.31. The number of rotatable bonds is 3. The molecule has 0 unspecified atom stereocenters. The van der Waals surface area contributed by atoms with Crippen LogP contribution in [0.2, 0.25) is 5.15 Å². The number of hydrogen-bond acceptors (Lipinski definition) is 6. The normalized spacial score (nSPS) is 17.8. The summed E-state index contributed by atoms with van der Waals surface area (Å²) in [5.41, 5.74) is 2.76. The molecule has 0 saturated carbocycles. The second-order valence-corrected chi connectivity index (χ2v) is 7.13. The third-order valence-electron chi connectivity index (χ3n) is 4.75. The van der Waals surface area contributed by atoms with Crippen LogP contribution < -0.4 is 9.64 Å². The topological polar surface area (TPSA) is 76.9 Å². The van der Waals surface area contributed by atoms with E-state index in [-0.39, 0.29) is 35.7 Å². The van der Waals surface area contributed by atoms with Crippen LogP contribution in [0.4, 0.5) is 18.9 Å². The van der Waals surface area contributed by atoms with Crippen molar-refractivity contribution in [1.82, 2.24) is 9.97 Å². The Morgan fingerprint density at radius 3 is 2.90 bits per heavy atom. The number of fused-ring (bicyclic) bond motifs is 2. The van der Waals surface area contributed by atoms with Crippen molar-refractivity contribution in [1.29, 1.82) is 0 Å². The van der Waals surface area contributed by atoms with E-state index in [1.54, 1.807) is 12.1 Å². The first-order valence-corrected chi connectivity index (χ1v) is 9.55. The fraction of sp³-hybridized carbons (Fsp3) is 0.368. The lowest BCUT2D eigenvalue weighted by Gasteiger charge is -2.24. The third kappa shape index (κ3) is 4.18. The summed E-state index contributed by atoms with van der Waals surface area (Å²) in [6.45, 7) is -0.935. The second kappa shape index (κ2) is 8.10. The van der Waals surface area contributed by atoms with E-state index in [1.165, 1.54) is 11.2 Å². The minimum Gasteiger partial charge on any atom is -0.475 e. The zero-order valence-electron chi connectivity index (χ0n) is 15.6. The number of carbonyl (C=O) groups is 1. The van der Waals surface area contributed by atoms with Crippen LogP contribution >= 0.6 is 11.6 Å². The van der Waals surface area contributed by atoms with Gasteiger partial charge in [0, 0.05) is 11.3 Å². The lowest BCUT2D eigenvalue weighted by atomic mass is 9.89. The van der Waals surface area contributed by atoms with Crippen molar-refractivity contribution in [2.75, 3.05) is 24.7 Å². The van der Waals surface area contributed by atoms with Crippen LogP contribution in [0, 0.1) is 0 Å². The van der Waals surface area contributed by atoms with Crippen molar-refractivity contribution >= 4 is 28.9 Å². The van der Waals surface area contributed by atoms with E-state index >= 15 is 0 Å². The molecule has 0 atom stereocenters. The summed E-state index contributed by atoms with van der Waals surface area (Å²) < 4.78 is 42.5. The number of oxime groups is 1. The van der Waals surface area contributed by atoms with Crippen LogP contribution in [0.5, 0.6) is 5.88 Å². The standard InChI is InChI=1S/C19H16ClF3N4O3/c20-16-15-17(25-10-24-16)29-7-6-27(18(15)28)12-4-5-13-11(8-12)2-1-3-14(13)26-30-9-19(21,22)23/h4-5,8,10H,1-3,6-7,9H2/b26-14-. The molecule has 0 radical (unpaired) electrons.